The van der Waals surface area contributed by atoms with Crippen molar-refractivity contribution in [2.24, 2.45) is 0 Å². The monoisotopic (exact) mass is 248 g/mol. The number of benzene rings is 1. The molecule has 1 aromatic rings. The zero-order chi connectivity index (χ0) is 13.0. The summed E-state index contributed by atoms with van der Waals surface area (Å²) in [4.78, 5) is 2.41. The van der Waals surface area contributed by atoms with Crippen LogP contribution in [0.3, 0.4) is 0 Å². The standard InChI is InChI=1S/C15H24N2O/c1-13-6-3-4-7-14(13)15(2,12-18)17-10-5-8-16-9-11-17/h3-4,6-7,16,18H,5,8-12H2,1-2H3. The number of rotatable bonds is 3. The van der Waals surface area contributed by atoms with Crippen molar-refractivity contribution >= 4 is 0 Å². The van der Waals surface area contributed by atoms with Crippen molar-refractivity contribution in [2.45, 2.75) is 25.8 Å². The number of hydrogen-bond acceptors (Lipinski definition) is 3. The van der Waals surface area contributed by atoms with E-state index in [1.807, 2.05) is 0 Å². The molecule has 18 heavy (non-hydrogen) atoms. The highest BCUT2D eigenvalue weighted by Gasteiger charge is 2.34. The van der Waals surface area contributed by atoms with Gasteiger partial charge in [0, 0.05) is 19.6 Å². The van der Waals surface area contributed by atoms with Gasteiger partial charge < -0.3 is 10.4 Å². The molecule has 1 heterocycles. The molecule has 1 saturated heterocycles. The Morgan fingerprint density at radius 3 is 2.78 bits per heavy atom. The number of aliphatic hydroxyl groups is 1. The normalized spacial score (nSPS) is 21.3. The Kier molecular flexibility index (Phi) is 4.38. The summed E-state index contributed by atoms with van der Waals surface area (Å²) < 4.78 is 0. The second-order valence-electron chi connectivity index (χ2n) is 5.34. The van der Waals surface area contributed by atoms with Crippen molar-refractivity contribution in [2.75, 3.05) is 32.8 Å². The average molecular weight is 248 g/mol. The molecule has 2 rings (SSSR count). The molecule has 0 spiro atoms. The van der Waals surface area contributed by atoms with Crippen molar-refractivity contribution in [1.82, 2.24) is 10.2 Å². The first-order chi connectivity index (χ1) is 8.68. The maximum Gasteiger partial charge on any atom is 0.0668 e. The number of hydrogen-bond donors (Lipinski definition) is 2. The molecular weight excluding hydrogens is 224 g/mol. The topological polar surface area (TPSA) is 35.5 Å². The van der Waals surface area contributed by atoms with Crippen LogP contribution in [-0.4, -0.2) is 42.8 Å². The lowest BCUT2D eigenvalue weighted by atomic mass is 9.87. The van der Waals surface area contributed by atoms with Crippen molar-refractivity contribution in [3.63, 3.8) is 0 Å². The molecule has 1 aromatic carbocycles. The third-order valence-electron chi connectivity index (χ3n) is 4.07. The molecule has 1 fully saturated rings. The Bertz CT molecular complexity index is 386. The molecule has 100 valence electrons. The van der Waals surface area contributed by atoms with Crippen molar-refractivity contribution < 1.29 is 5.11 Å². The Morgan fingerprint density at radius 2 is 2.06 bits per heavy atom. The molecule has 1 atom stereocenters. The molecular formula is C15H24N2O. The number of aliphatic hydroxyl groups excluding tert-OH is 1. The molecule has 1 aliphatic rings. The molecule has 1 aliphatic heterocycles. The fourth-order valence-corrected chi connectivity index (χ4v) is 2.87. The summed E-state index contributed by atoms with van der Waals surface area (Å²) in [7, 11) is 0. The second kappa shape index (κ2) is 5.83. The largest absolute Gasteiger partial charge is 0.394 e. The van der Waals surface area contributed by atoms with E-state index in [9.17, 15) is 5.11 Å². The molecule has 3 nitrogen and oxygen atoms in total. The van der Waals surface area contributed by atoms with Gasteiger partial charge in [-0.15, -0.1) is 0 Å². The van der Waals surface area contributed by atoms with Crippen LogP contribution < -0.4 is 5.32 Å². The van der Waals surface area contributed by atoms with E-state index in [0.717, 1.165) is 32.6 Å². The summed E-state index contributed by atoms with van der Waals surface area (Å²) in [6.45, 7) is 8.55. The summed E-state index contributed by atoms with van der Waals surface area (Å²) in [5, 5.41) is 13.4. The predicted molar refractivity (Wildman–Crippen MR) is 74.7 cm³/mol. The minimum atomic E-state index is -0.267. The van der Waals surface area contributed by atoms with Gasteiger partial charge in [0.2, 0.25) is 0 Å². The zero-order valence-corrected chi connectivity index (χ0v) is 11.4. The molecule has 2 N–H and O–H groups in total. The molecule has 0 amide bonds. The lowest BCUT2D eigenvalue weighted by Crippen LogP contribution is -2.48. The van der Waals surface area contributed by atoms with E-state index < -0.39 is 0 Å². The van der Waals surface area contributed by atoms with Crippen molar-refractivity contribution in [3.05, 3.63) is 35.4 Å². The lowest BCUT2D eigenvalue weighted by Gasteiger charge is -2.40. The van der Waals surface area contributed by atoms with Crippen LogP contribution in [-0.2, 0) is 5.54 Å². The summed E-state index contributed by atoms with van der Waals surface area (Å²) in [6, 6.07) is 8.39. The van der Waals surface area contributed by atoms with Crippen LogP contribution in [0.2, 0.25) is 0 Å². The Balaban J connectivity index is 2.31. The van der Waals surface area contributed by atoms with Gasteiger partial charge in [0.15, 0.2) is 0 Å². The van der Waals surface area contributed by atoms with Crippen LogP contribution in [0.5, 0.6) is 0 Å². The second-order valence-corrected chi connectivity index (χ2v) is 5.34. The van der Waals surface area contributed by atoms with E-state index >= 15 is 0 Å². The Labute approximate surface area is 110 Å². The van der Waals surface area contributed by atoms with Crippen LogP contribution in [0.4, 0.5) is 0 Å². The van der Waals surface area contributed by atoms with Crippen LogP contribution in [0.25, 0.3) is 0 Å². The molecule has 1 unspecified atom stereocenters. The van der Waals surface area contributed by atoms with Crippen LogP contribution in [0.15, 0.2) is 24.3 Å². The minimum Gasteiger partial charge on any atom is -0.394 e. The van der Waals surface area contributed by atoms with Gasteiger partial charge in [-0.05, 0) is 37.9 Å². The summed E-state index contributed by atoms with van der Waals surface area (Å²) in [6.07, 6.45) is 1.14. The zero-order valence-electron chi connectivity index (χ0n) is 11.4. The van der Waals surface area contributed by atoms with E-state index in [0.29, 0.717) is 0 Å². The predicted octanol–water partition coefficient (Wildman–Crippen LogP) is 1.50. The first-order valence-corrected chi connectivity index (χ1v) is 6.81. The van der Waals surface area contributed by atoms with Crippen LogP contribution in [0, 0.1) is 6.92 Å². The molecule has 0 bridgehead atoms. The number of nitrogens with one attached hydrogen (secondary N) is 1. The van der Waals surface area contributed by atoms with Crippen molar-refractivity contribution in [3.8, 4) is 0 Å². The highest BCUT2D eigenvalue weighted by Crippen LogP contribution is 2.30. The van der Waals surface area contributed by atoms with Gasteiger partial charge in [-0.3, -0.25) is 4.90 Å². The van der Waals surface area contributed by atoms with Gasteiger partial charge in [0.05, 0.1) is 12.1 Å². The van der Waals surface area contributed by atoms with E-state index in [2.05, 4.69) is 48.3 Å². The summed E-state index contributed by atoms with van der Waals surface area (Å²) >= 11 is 0. The van der Waals surface area contributed by atoms with Gasteiger partial charge in [0.1, 0.15) is 0 Å². The minimum absolute atomic E-state index is 0.165. The molecule has 0 radical (unpaired) electrons. The van der Waals surface area contributed by atoms with E-state index in [4.69, 9.17) is 0 Å². The third-order valence-corrected chi connectivity index (χ3v) is 4.07. The van der Waals surface area contributed by atoms with Gasteiger partial charge in [-0.25, -0.2) is 0 Å². The maximum absolute atomic E-state index is 9.95. The first kappa shape index (κ1) is 13.5. The van der Waals surface area contributed by atoms with Gasteiger partial charge in [-0.1, -0.05) is 24.3 Å². The first-order valence-electron chi connectivity index (χ1n) is 6.81. The summed E-state index contributed by atoms with van der Waals surface area (Å²) in [5.74, 6) is 0. The van der Waals surface area contributed by atoms with E-state index in [-0.39, 0.29) is 12.1 Å². The maximum atomic E-state index is 9.95. The molecule has 0 aliphatic carbocycles. The van der Waals surface area contributed by atoms with E-state index in [1.54, 1.807) is 0 Å². The fourth-order valence-electron chi connectivity index (χ4n) is 2.87. The highest BCUT2D eigenvalue weighted by atomic mass is 16.3. The summed E-state index contributed by atoms with van der Waals surface area (Å²) in [5.41, 5.74) is 2.23. The number of aryl methyl sites for hydroxylation is 1. The van der Waals surface area contributed by atoms with Gasteiger partial charge >= 0.3 is 0 Å². The lowest BCUT2D eigenvalue weighted by molar-refractivity contribution is 0.0448. The molecule has 0 saturated carbocycles. The van der Waals surface area contributed by atoms with Gasteiger partial charge in [0.25, 0.3) is 0 Å². The highest BCUT2D eigenvalue weighted by molar-refractivity contribution is 5.32. The SMILES string of the molecule is Cc1ccccc1C(C)(CO)N1CCCNCC1. The number of nitrogens with zero attached hydrogens (tertiary/aromatic N) is 1. The smallest absolute Gasteiger partial charge is 0.0668 e. The van der Waals surface area contributed by atoms with Crippen LogP contribution in [0.1, 0.15) is 24.5 Å². The Hall–Kier alpha value is -0.900. The van der Waals surface area contributed by atoms with Crippen molar-refractivity contribution in [1.29, 1.82) is 0 Å². The average Bonchev–Trinajstić information content (AvgIpc) is 2.67. The van der Waals surface area contributed by atoms with Crippen LogP contribution >= 0.6 is 0 Å². The molecule has 3 heteroatoms. The Morgan fingerprint density at radius 1 is 1.28 bits per heavy atom. The van der Waals surface area contributed by atoms with Gasteiger partial charge in [-0.2, -0.15) is 0 Å². The van der Waals surface area contributed by atoms with E-state index in [1.165, 1.54) is 11.1 Å². The quantitative estimate of drug-likeness (QED) is 0.851. The molecule has 0 aromatic heterocycles. The fraction of sp³-hybridized carbons (Fsp3) is 0.600. The third kappa shape index (κ3) is 2.58.